The van der Waals surface area contributed by atoms with Crippen LogP contribution in [-0.4, -0.2) is 23.1 Å². The Bertz CT molecular complexity index is 527. The number of urea groups is 1. The van der Waals surface area contributed by atoms with Crippen LogP contribution >= 0.6 is 0 Å². The van der Waals surface area contributed by atoms with Crippen LogP contribution in [0.15, 0.2) is 23.4 Å². The summed E-state index contributed by atoms with van der Waals surface area (Å²) in [4.78, 5) is 11.9. The molecule has 1 aromatic rings. The Morgan fingerprint density at radius 3 is 2.75 bits per heavy atom. The molecule has 2 rings (SSSR count). The summed E-state index contributed by atoms with van der Waals surface area (Å²) in [6.07, 6.45) is 4.09. The van der Waals surface area contributed by atoms with Gasteiger partial charge in [0.2, 0.25) is 0 Å². The molecule has 6 nitrogen and oxygen atoms in total. The van der Waals surface area contributed by atoms with Crippen molar-refractivity contribution in [2.75, 3.05) is 5.32 Å². The fourth-order valence-corrected chi connectivity index (χ4v) is 2.35. The fourth-order valence-electron chi connectivity index (χ4n) is 2.35. The van der Waals surface area contributed by atoms with Crippen LogP contribution in [0.4, 0.5) is 14.9 Å². The average molecular weight is 280 g/mol. The number of amidine groups is 1. The average Bonchev–Trinajstić information content (AvgIpc) is 2.91. The zero-order valence-electron chi connectivity index (χ0n) is 10.9. The van der Waals surface area contributed by atoms with Crippen molar-refractivity contribution in [1.82, 2.24) is 5.32 Å². The number of rotatable bonds is 3. The molecule has 1 fully saturated rings. The van der Waals surface area contributed by atoms with Gasteiger partial charge in [-0.25, -0.2) is 9.18 Å². The van der Waals surface area contributed by atoms with Crippen molar-refractivity contribution < 1.29 is 14.4 Å². The van der Waals surface area contributed by atoms with Gasteiger partial charge >= 0.3 is 6.03 Å². The van der Waals surface area contributed by atoms with Crippen molar-refractivity contribution in [1.29, 1.82) is 0 Å². The standard InChI is InChI=1S/C13H17FN4O2/c14-9-6-3-7-10(11(9)12(15)18-20)17-13(19)16-8-4-1-2-5-8/h3,6-8,20H,1-2,4-5H2,(H2,15,18)(H2,16,17,19). The van der Waals surface area contributed by atoms with Gasteiger partial charge < -0.3 is 21.6 Å². The number of hydrogen-bond acceptors (Lipinski definition) is 3. The Hall–Kier alpha value is -2.31. The first-order valence-electron chi connectivity index (χ1n) is 6.45. The number of oxime groups is 1. The second-order valence-corrected chi connectivity index (χ2v) is 4.73. The minimum Gasteiger partial charge on any atom is -0.409 e. The Morgan fingerprint density at radius 2 is 2.10 bits per heavy atom. The lowest BCUT2D eigenvalue weighted by Crippen LogP contribution is -2.36. The van der Waals surface area contributed by atoms with E-state index in [1.54, 1.807) is 0 Å². The highest BCUT2D eigenvalue weighted by molar-refractivity contribution is 6.05. The molecule has 1 saturated carbocycles. The third-order valence-electron chi connectivity index (χ3n) is 3.32. The molecule has 7 heteroatoms. The Kier molecular flexibility index (Phi) is 4.39. The van der Waals surface area contributed by atoms with Crippen LogP contribution in [-0.2, 0) is 0 Å². The van der Waals surface area contributed by atoms with Crippen molar-refractivity contribution in [3.05, 3.63) is 29.6 Å². The number of nitrogens with two attached hydrogens (primary N) is 1. The van der Waals surface area contributed by atoms with Gasteiger partial charge in [-0.2, -0.15) is 0 Å². The predicted molar refractivity (Wildman–Crippen MR) is 73.3 cm³/mol. The van der Waals surface area contributed by atoms with Gasteiger partial charge in [-0.1, -0.05) is 24.1 Å². The maximum Gasteiger partial charge on any atom is 0.319 e. The Morgan fingerprint density at radius 1 is 1.40 bits per heavy atom. The summed E-state index contributed by atoms with van der Waals surface area (Å²) >= 11 is 0. The molecule has 1 aromatic carbocycles. The van der Waals surface area contributed by atoms with E-state index in [4.69, 9.17) is 10.9 Å². The van der Waals surface area contributed by atoms with Gasteiger partial charge in [0.25, 0.3) is 0 Å². The first-order chi connectivity index (χ1) is 9.61. The van der Waals surface area contributed by atoms with Crippen LogP contribution in [0.1, 0.15) is 31.2 Å². The molecule has 2 amide bonds. The molecule has 0 saturated heterocycles. The highest BCUT2D eigenvalue weighted by Crippen LogP contribution is 2.20. The number of halogens is 1. The number of anilines is 1. The minimum absolute atomic E-state index is 0.128. The molecule has 0 radical (unpaired) electrons. The lowest BCUT2D eigenvalue weighted by Gasteiger charge is -2.15. The number of nitrogens with zero attached hydrogens (tertiary/aromatic N) is 1. The van der Waals surface area contributed by atoms with Crippen LogP contribution in [0.3, 0.4) is 0 Å². The van der Waals surface area contributed by atoms with E-state index in [0.717, 1.165) is 25.7 Å². The van der Waals surface area contributed by atoms with Gasteiger partial charge in [-0.3, -0.25) is 0 Å². The van der Waals surface area contributed by atoms with Crippen LogP contribution in [0.25, 0.3) is 0 Å². The molecule has 0 aliphatic heterocycles. The van der Waals surface area contributed by atoms with Crippen molar-refractivity contribution >= 4 is 17.6 Å². The number of carbonyl (C=O) groups excluding carboxylic acids is 1. The fraction of sp³-hybridized carbons (Fsp3) is 0.385. The molecular weight excluding hydrogens is 263 g/mol. The van der Waals surface area contributed by atoms with Crippen molar-refractivity contribution in [2.45, 2.75) is 31.7 Å². The van der Waals surface area contributed by atoms with E-state index in [0.29, 0.717) is 0 Å². The molecule has 0 spiro atoms. The summed E-state index contributed by atoms with van der Waals surface area (Å²) in [5.41, 5.74) is 5.46. The molecule has 0 bridgehead atoms. The maximum atomic E-state index is 13.7. The molecule has 0 atom stereocenters. The third-order valence-corrected chi connectivity index (χ3v) is 3.32. The summed E-state index contributed by atoms with van der Waals surface area (Å²) in [5.74, 6) is -1.06. The molecule has 108 valence electrons. The summed E-state index contributed by atoms with van der Waals surface area (Å²) in [6, 6.07) is 3.83. The number of amides is 2. The SMILES string of the molecule is N/C(=N/O)c1c(F)cccc1NC(=O)NC1CCCC1. The van der Waals surface area contributed by atoms with Gasteiger partial charge in [0, 0.05) is 6.04 Å². The highest BCUT2D eigenvalue weighted by Gasteiger charge is 2.19. The van der Waals surface area contributed by atoms with E-state index in [1.807, 2.05) is 0 Å². The quantitative estimate of drug-likeness (QED) is 0.295. The van der Waals surface area contributed by atoms with Crippen molar-refractivity contribution in [3.63, 3.8) is 0 Å². The van der Waals surface area contributed by atoms with E-state index in [-0.39, 0.29) is 23.1 Å². The number of benzene rings is 1. The van der Waals surface area contributed by atoms with E-state index in [1.165, 1.54) is 18.2 Å². The van der Waals surface area contributed by atoms with Crippen LogP contribution < -0.4 is 16.4 Å². The number of hydrogen-bond donors (Lipinski definition) is 4. The Labute approximate surface area is 115 Å². The number of carbonyl (C=O) groups is 1. The lowest BCUT2D eigenvalue weighted by atomic mass is 10.1. The van der Waals surface area contributed by atoms with Gasteiger partial charge in [0.15, 0.2) is 5.84 Å². The number of nitrogens with one attached hydrogen (secondary N) is 2. The smallest absolute Gasteiger partial charge is 0.319 e. The first-order valence-corrected chi connectivity index (χ1v) is 6.45. The van der Waals surface area contributed by atoms with E-state index >= 15 is 0 Å². The summed E-state index contributed by atoms with van der Waals surface area (Å²) in [5, 5.41) is 16.8. The third kappa shape index (κ3) is 3.17. The maximum absolute atomic E-state index is 13.7. The molecule has 1 aliphatic carbocycles. The van der Waals surface area contributed by atoms with Crippen LogP contribution in [0.5, 0.6) is 0 Å². The lowest BCUT2D eigenvalue weighted by molar-refractivity contribution is 0.248. The Balaban J connectivity index is 2.12. The van der Waals surface area contributed by atoms with Gasteiger partial charge in [0.1, 0.15) is 5.82 Å². The summed E-state index contributed by atoms with van der Waals surface area (Å²) in [6.45, 7) is 0. The van der Waals surface area contributed by atoms with Gasteiger partial charge in [0.05, 0.1) is 11.3 Å². The minimum atomic E-state index is -0.668. The van der Waals surface area contributed by atoms with Gasteiger partial charge in [-0.15, -0.1) is 0 Å². The largest absolute Gasteiger partial charge is 0.409 e. The molecule has 5 N–H and O–H groups in total. The normalized spacial score (nSPS) is 16.1. The summed E-state index contributed by atoms with van der Waals surface area (Å²) in [7, 11) is 0. The van der Waals surface area contributed by atoms with E-state index < -0.39 is 11.8 Å². The zero-order valence-corrected chi connectivity index (χ0v) is 10.9. The second-order valence-electron chi connectivity index (χ2n) is 4.73. The molecular formula is C13H17FN4O2. The van der Waals surface area contributed by atoms with E-state index in [2.05, 4.69) is 15.8 Å². The topological polar surface area (TPSA) is 99.7 Å². The molecule has 1 aliphatic rings. The highest BCUT2D eigenvalue weighted by atomic mass is 19.1. The predicted octanol–water partition coefficient (Wildman–Crippen LogP) is 1.98. The first kappa shape index (κ1) is 14.1. The molecule has 0 aromatic heterocycles. The molecule has 20 heavy (non-hydrogen) atoms. The van der Waals surface area contributed by atoms with E-state index in [9.17, 15) is 9.18 Å². The summed E-state index contributed by atoms with van der Waals surface area (Å²) < 4.78 is 13.7. The monoisotopic (exact) mass is 280 g/mol. The zero-order chi connectivity index (χ0) is 14.5. The molecule has 0 heterocycles. The van der Waals surface area contributed by atoms with Crippen molar-refractivity contribution in [2.24, 2.45) is 10.9 Å². The van der Waals surface area contributed by atoms with Crippen LogP contribution in [0.2, 0.25) is 0 Å². The molecule has 0 unspecified atom stereocenters. The van der Waals surface area contributed by atoms with Crippen LogP contribution in [0, 0.1) is 5.82 Å². The van der Waals surface area contributed by atoms with Gasteiger partial charge in [-0.05, 0) is 25.0 Å². The second kappa shape index (κ2) is 6.23. The van der Waals surface area contributed by atoms with Crippen molar-refractivity contribution in [3.8, 4) is 0 Å².